The molecule has 0 radical (unpaired) electrons. The van der Waals surface area contributed by atoms with Gasteiger partial charge in [-0.15, -0.1) is 0 Å². The lowest BCUT2D eigenvalue weighted by Gasteiger charge is -2.35. The summed E-state index contributed by atoms with van der Waals surface area (Å²) < 4.78 is 23.3. The number of nitrogens with one attached hydrogen (secondary N) is 2. The van der Waals surface area contributed by atoms with Crippen molar-refractivity contribution in [1.29, 1.82) is 0 Å². The Kier molecular flexibility index (Phi) is 7.81. The van der Waals surface area contributed by atoms with Crippen LogP contribution in [0.15, 0.2) is 42.6 Å². The number of carbonyl (C=O) groups is 1. The lowest BCUT2D eigenvalue weighted by molar-refractivity contribution is 0.0845. The van der Waals surface area contributed by atoms with Crippen LogP contribution in [0, 0.1) is 5.82 Å². The molecule has 2 aromatic carbocycles. The molecule has 6 heterocycles. The first-order valence-corrected chi connectivity index (χ1v) is 17.1. The molecule has 4 aliphatic heterocycles. The fraction of sp³-hybridized carbons (Fsp3) is 0.486. The number of fused-ring (bicyclic) bond motifs is 5. The van der Waals surface area contributed by atoms with Gasteiger partial charge in [0.2, 0.25) is 0 Å². The van der Waals surface area contributed by atoms with Crippen LogP contribution in [-0.2, 0) is 0 Å². The van der Waals surface area contributed by atoms with Gasteiger partial charge in [0.1, 0.15) is 23.6 Å². The third-order valence-electron chi connectivity index (χ3n) is 10.7. The Morgan fingerprint density at radius 3 is 2.70 bits per heavy atom. The van der Waals surface area contributed by atoms with E-state index in [0.29, 0.717) is 47.0 Å². The van der Waals surface area contributed by atoms with E-state index < -0.39 is 5.82 Å². The second-order valence-electron chi connectivity index (χ2n) is 13.8. The average molecular weight is 659 g/mol. The Labute approximate surface area is 278 Å². The minimum absolute atomic E-state index is 0.0851. The van der Waals surface area contributed by atoms with Crippen LogP contribution in [0.5, 0.6) is 6.01 Å². The predicted octanol–water partition coefficient (Wildman–Crippen LogP) is 5.23. The first-order valence-electron chi connectivity index (χ1n) is 16.7. The van der Waals surface area contributed by atoms with Gasteiger partial charge in [-0.2, -0.15) is 9.97 Å². The van der Waals surface area contributed by atoms with Crippen molar-refractivity contribution in [3.63, 3.8) is 0 Å². The van der Waals surface area contributed by atoms with E-state index in [-0.39, 0.29) is 34.8 Å². The van der Waals surface area contributed by atoms with Gasteiger partial charge in [-0.25, -0.2) is 9.18 Å². The summed E-state index contributed by atoms with van der Waals surface area (Å²) in [5, 5.41) is 9.52. The number of hydrogen-bond acceptors (Lipinski definition) is 8. The first-order chi connectivity index (χ1) is 22.8. The lowest BCUT2D eigenvalue weighted by Crippen LogP contribution is -2.51. The number of carbonyl (C=O) groups excluding carboxylic acids is 1. The minimum Gasteiger partial charge on any atom is -0.461 e. The highest BCUT2D eigenvalue weighted by molar-refractivity contribution is 6.36. The van der Waals surface area contributed by atoms with Crippen molar-refractivity contribution in [2.75, 3.05) is 51.8 Å². The number of nitrogens with zero attached hydrogens (tertiary/aromatic N) is 6. The maximum Gasteiger partial charge on any atom is 0.319 e. The van der Waals surface area contributed by atoms with Crippen LogP contribution >= 0.6 is 11.6 Å². The number of aromatic nitrogens is 3. The summed E-state index contributed by atoms with van der Waals surface area (Å²) in [5.74, 6) is 0.147. The van der Waals surface area contributed by atoms with E-state index in [1.54, 1.807) is 25.2 Å². The topological polar surface area (TPSA) is 98.8 Å². The van der Waals surface area contributed by atoms with Crippen molar-refractivity contribution in [3.8, 4) is 17.3 Å². The molecule has 2 bridgehead atoms. The standard InChI is InChI=1S/C35H40ClFN8O2/c1-43(2)34(46)39-16-24-12-14-35(13-5-15-45(24)35)20-47-33-41-31-26(32(42-33)44-18-22-10-11-23(19-44)40-22)17-38-30(29(31)37)25-8-3-6-21-7-4-9-27(36)28(21)25/h3-4,6-9,17,22-24,40H,5,10-16,18-20H2,1-2H3,(H,39,46). The SMILES string of the molecule is CN(C)C(=O)NCC1CCC2(COc3nc(N4CC5CCC(C4)N5)c4cnc(-c5cccc6cccc(Cl)c56)c(F)c4n3)CCCN12. The quantitative estimate of drug-likeness (QED) is 0.279. The van der Waals surface area contributed by atoms with Crippen molar-refractivity contribution in [2.45, 2.75) is 62.2 Å². The second-order valence-corrected chi connectivity index (χ2v) is 14.2. The van der Waals surface area contributed by atoms with Crippen LogP contribution in [0.4, 0.5) is 15.0 Å². The highest BCUT2D eigenvalue weighted by atomic mass is 35.5. The monoisotopic (exact) mass is 658 g/mol. The molecule has 47 heavy (non-hydrogen) atoms. The zero-order chi connectivity index (χ0) is 32.3. The van der Waals surface area contributed by atoms with E-state index in [1.807, 2.05) is 36.4 Å². The number of amides is 2. The highest BCUT2D eigenvalue weighted by Gasteiger charge is 2.50. The number of benzene rings is 2. The molecule has 12 heteroatoms. The Morgan fingerprint density at radius 2 is 1.91 bits per heavy atom. The fourth-order valence-electron chi connectivity index (χ4n) is 8.37. The van der Waals surface area contributed by atoms with Crippen LogP contribution in [0.3, 0.4) is 0 Å². The van der Waals surface area contributed by atoms with E-state index in [2.05, 4.69) is 25.4 Å². The van der Waals surface area contributed by atoms with Crippen LogP contribution < -0.4 is 20.3 Å². The molecule has 4 atom stereocenters. The number of piperazine rings is 1. The van der Waals surface area contributed by atoms with Gasteiger partial charge in [-0.1, -0.05) is 41.9 Å². The van der Waals surface area contributed by atoms with Gasteiger partial charge in [0.15, 0.2) is 5.82 Å². The summed E-state index contributed by atoms with van der Waals surface area (Å²) in [6, 6.07) is 12.4. The summed E-state index contributed by atoms with van der Waals surface area (Å²) >= 11 is 6.64. The normalized spacial score (nSPS) is 25.4. The van der Waals surface area contributed by atoms with Crippen molar-refractivity contribution in [2.24, 2.45) is 0 Å². The van der Waals surface area contributed by atoms with Crippen LogP contribution in [0.25, 0.3) is 32.9 Å². The van der Waals surface area contributed by atoms with Gasteiger partial charge >= 0.3 is 12.0 Å². The molecule has 8 rings (SSSR count). The van der Waals surface area contributed by atoms with E-state index in [9.17, 15) is 4.79 Å². The molecule has 4 fully saturated rings. The van der Waals surface area contributed by atoms with E-state index in [1.165, 1.54) is 0 Å². The summed E-state index contributed by atoms with van der Waals surface area (Å²) in [4.78, 5) is 32.9. The maximum atomic E-state index is 16.8. The zero-order valence-corrected chi connectivity index (χ0v) is 27.6. The van der Waals surface area contributed by atoms with Crippen LogP contribution in [0.2, 0.25) is 5.02 Å². The molecular weight excluding hydrogens is 619 g/mol. The highest BCUT2D eigenvalue weighted by Crippen LogP contribution is 2.43. The van der Waals surface area contributed by atoms with Gasteiger partial charge in [0, 0.05) is 74.0 Å². The van der Waals surface area contributed by atoms with Crippen LogP contribution in [-0.4, -0.2) is 101 Å². The van der Waals surface area contributed by atoms with Crippen molar-refractivity contribution >= 4 is 45.1 Å². The summed E-state index contributed by atoms with van der Waals surface area (Å²) in [6.07, 6.45) is 7.92. The van der Waals surface area contributed by atoms with Crippen LogP contribution in [0.1, 0.15) is 38.5 Å². The number of rotatable bonds is 7. The fourth-order valence-corrected chi connectivity index (χ4v) is 8.65. The average Bonchev–Trinajstić information content (AvgIpc) is 3.75. The molecule has 4 aliphatic rings. The van der Waals surface area contributed by atoms with Gasteiger partial charge in [0.25, 0.3) is 0 Å². The molecule has 0 aliphatic carbocycles. The molecule has 2 amide bonds. The molecule has 10 nitrogen and oxygen atoms in total. The molecule has 4 aromatic rings. The molecule has 246 valence electrons. The number of urea groups is 1. The molecule has 2 N–H and O–H groups in total. The third-order valence-corrected chi connectivity index (χ3v) is 11.0. The Hall–Kier alpha value is -3.80. The first kappa shape index (κ1) is 30.5. The minimum atomic E-state index is -0.514. The Balaban J connectivity index is 1.15. The summed E-state index contributed by atoms with van der Waals surface area (Å²) in [7, 11) is 3.50. The molecule has 4 unspecified atom stereocenters. The second kappa shape index (κ2) is 12.0. The summed E-state index contributed by atoms with van der Waals surface area (Å²) in [5.41, 5.74) is 0.851. The van der Waals surface area contributed by atoms with Crippen molar-refractivity contribution in [3.05, 3.63) is 53.4 Å². The van der Waals surface area contributed by atoms with Gasteiger partial charge in [-0.3, -0.25) is 9.88 Å². The smallest absolute Gasteiger partial charge is 0.319 e. The lowest BCUT2D eigenvalue weighted by atomic mass is 9.95. The number of ether oxygens (including phenoxy) is 1. The third kappa shape index (κ3) is 5.42. The summed E-state index contributed by atoms with van der Waals surface area (Å²) in [6.45, 7) is 3.52. The zero-order valence-electron chi connectivity index (χ0n) is 26.8. The number of pyridine rings is 1. The Morgan fingerprint density at radius 1 is 1.13 bits per heavy atom. The van der Waals surface area contributed by atoms with Gasteiger partial charge in [0.05, 0.1) is 10.9 Å². The van der Waals surface area contributed by atoms with Crippen molar-refractivity contribution in [1.82, 2.24) is 35.4 Å². The Bertz CT molecular complexity index is 1840. The largest absolute Gasteiger partial charge is 0.461 e. The number of halogens is 2. The molecule has 0 spiro atoms. The number of hydrogen-bond donors (Lipinski definition) is 2. The maximum absolute atomic E-state index is 16.8. The molecule has 4 saturated heterocycles. The molecule has 2 aromatic heterocycles. The van der Waals surface area contributed by atoms with E-state index in [0.717, 1.165) is 68.9 Å². The number of anilines is 1. The molecule has 0 saturated carbocycles. The predicted molar refractivity (Wildman–Crippen MR) is 182 cm³/mol. The van der Waals surface area contributed by atoms with Crippen molar-refractivity contribution < 1.29 is 13.9 Å². The van der Waals surface area contributed by atoms with Gasteiger partial charge in [-0.05, 0) is 56.5 Å². The van der Waals surface area contributed by atoms with E-state index >= 15 is 4.39 Å². The van der Waals surface area contributed by atoms with E-state index in [4.69, 9.17) is 26.3 Å². The van der Waals surface area contributed by atoms with Gasteiger partial charge < -0.3 is 25.2 Å². The molecular formula is C35H40ClFN8O2.